The minimum Gasteiger partial charge on any atom is -0.379 e. The number of carbonyl (C=O) groups is 1. The Bertz CT molecular complexity index is 183. The topological polar surface area (TPSA) is 38.3 Å². The highest BCUT2D eigenvalue weighted by molar-refractivity contribution is 5.87. The number of nitrogens with one attached hydrogen (secondary N) is 1. The van der Waals surface area contributed by atoms with Crippen molar-refractivity contribution in [1.82, 2.24) is 5.32 Å². The van der Waals surface area contributed by atoms with Crippen LogP contribution < -0.4 is 5.32 Å². The normalized spacial score (nSPS) is 28.4. The molecule has 3 heteroatoms. The minimum absolute atomic E-state index is 0.109. The first-order valence-corrected chi connectivity index (χ1v) is 4.25. The second kappa shape index (κ2) is 3.72. The monoisotopic (exact) mass is 169 g/mol. The summed E-state index contributed by atoms with van der Waals surface area (Å²) >= 11 is 0. The lowest BCUT2D eigenvalue weighted by Crippen LogP contribution is -2.47. The Hall–Kier alpha value is -0.830. The van der Waals surface area contributed by atoms with E-state index in [1.807, 2.05) is 0 Å². The SMILES string of the molecule is C=CC(=O)NC1(CC)CCOC1. The van der Waals surface area contributed by atoms with Gasteiger partial charge in [-0.1, -0.05) is 13.5 Å². The van der Waals surface area contributed by atoms with E-state index < -0.39 is 0 Å². The molecule has 0 aliphatic carbocycles. The van der Waals surface area contributed by atoms with Crippen LogP contribution in [0.15, 0.2) is 12.7 Å². The second-order valence-electron chi connectivity index (χ2n) is 3.13. The van der Waals surface area contributed by atoms with Gasteiger partial charge in [0.1, 0.15) is 0 Å². The molecule has 0 aromatic carbocycles. The molecule has 0 bridgehead atoms. The maximum absolute atomic E-state index is 11.0. The number of hydrogen-bond donors (Lipinski definition) is 1. The van der Waals surface area contributed by atoms with Gasteiger partial charge >= 0.3 is 0 Å². The summed E-state index contributed by atoms with van der Waals surface area (Å²) in [6.07, 6.45) is 3.12. The van der Waals surface area contributed by atoms with Gasteiger partial charge in [0.2, 0.25) is 5.91 Å². The zero-order valence-electron chi connectivity index (χ0n) is 7.43. The molecule has 0 aromatic rings. The molecule has 0 aromatic heterocycles. The molecular weight excluding hydrogens is 154 g/mol. The Morgan fingerprint density at radius 3 is 3.00 bits per heavy atom. The summed E-state index contributed by atoms with van der Waals surface area (Å²) in [6.45, 7) is 6.84. The van der Waals surface area contributed by atoms with E-state index in [4.69, 9.17) is 4.74 Å². The van der Waals surface area contributed by atoms with Crippen LogP contribution in [0.1, 0.15) is 19.8 Å². The molecule has 1 aliphatic rings. The molecule has 1 heterocycles. The minimum atomic E-state index is -0.134. The smallest absolute Gasteiger partial charge is 0.243 e. The molecular formula is C9H15NO2. The highest BCUT2D eigenvalue weighted by Gasteiger charge is 2.33. The lowest BCUT2D eigenvalue weighted by atomic mass is 9.95. The van der Waals surface area contributed by atoms with E-state index in [0.717, 1.165) is 19.4 Å². The van der Waals surface area contributed by atoms with Crippen molar-refractivity contribution in [2.24, 2.45) is 0 Å². The van der Waals surface area contributed by atoms with E-state index in [9.17, 15) is 4.79 Å². The molecule has 3 nitrogen and oxygen atoms in total. The van der Waals surface area contributed by atoms with Gasteiger partial charge in [-0.15, -0.1) is 0 Å². The van der Waals surface area contributed by atoms with Crippen LogP contribution >= 0.6 is 0 Å². The van der Waals surface area contributed by atoms with Gasteiger partial charge in [-0.3, -0.25) is 4.79 Å². The molecule has 1 amide bonds. The molecule has 1 aliphatic heterocycles. The third kappa shape index (κ3) is 1.85. The predicted octanol–water partition coefficient (Wildman–Crippen LogP) is 0.858. The molecule has 68 valence electrons. The molecule has 1 N–H and O–H groups in total. The summed E-state index contributed by atoms with van der Waals surface area (Å²) in [6, 6.07) is 0. The van der Waals surface area contributed by atoms with Gasteiger partial charge in [0.25, 0.3) is 0 Å². The summed E-state index contributed by atoms with van der Waals surface area (Å²) in [4.78, 5) is 11.0. The van der Waals surface area contributed by atoms with Crippen LogP contribution in [0.2, 0.25) is 0 Å². The van der Waals surface area contributed by atoms with Gasteiger partial charge < -0.3 is 10.1 Å². The molecule has 1 atom stereocenters. The Morgan fingerprint density at radius 2 is 2.58 bits per heavy atom. The maximum Gasteiger partial charge on any atom is 0.243 e. The van der Waals surface area contributed by atoms with E-state index in [2.05, 4.69) is 18.8 Å². The lowest BCUT2D eigenvalue weighted by molar-refractivity contribution is -0.118. The number of amides is 1. The van der Waals surface area contributed by atoms with Crippen LogP contribution in [-0.2, 0) is 9.53 Å². The van der Waals surface area contributed by atoms with Gasteiger partial charge in [0, 0.05) is 6.61 Å². The van der Waals surface area contributed by atoms with E-state index in [0.29, 0.717) is 6.61 Å². The first-order chi connectivity index (χ1) is 5.72. The van der Waals surface area contributed by atoms with Crippen LogP contribution in [0.4, 0.5) is 0 Å². The second-order valence-corrected chi connectivity index (χ2v) is 3.13. The molecule has 1 saturated heterocycles. The zero-order chi connectivity index (χ0) is 9.03. The van der Waals surface area contributed by atoms with E-state index >= 15 is 0 Å². The quantitative estimate of drug-likeness (QED) is 0.636. The molecule has 12 heavy (non-hydrogen) atoms. The van der Waals surface area contributed by atoms with Crippen molar-refractivity contribution in [2.45, 2.75) is 25.3 Å². The summed E-state index contributed by atoms with van der Waals surface area (Å²) in [7, 11) is 0. The Morgan fingerprint density at radius 1 is 1.83 bits per heavy atom. The van der Waals surface area contributed by atoms with Gasteiger partial charge in [-0.05, 0) is 18.9 Å². The first-order valence-electron chi connectivity index (χ1n) is 4.25. The molecule has 1 unspecified atom stereocenters. The largest absolute Gasteiger partial charge is 0.379 e. The number of ether oxygens (including phenoxy) is 1. The van der Waals surface area contributed by atoms with Crippen molar-refractivity contribution in [2.75, 3.05) is 13.2 Å². The summed E-state index contributed by atoms with van der Waals surface area (Å²) in [5.74, 6) is -0.109. The predicted molar refractivity (Wildman–Crippen MR) is 46.8 cm³/mol. The van der Waals surface area contributed by atoms with Crippen molar-refractivity contribution in [3.05, 3.63) is 12.7 Å². The summed E-state index contributed by atoms with van der Waals surface area (Å²) in [5, 5.41) is 2.91. The molecule has 0 radical (unpaired) electrons. The fourth-order valence-corrected chi connectivity index (χ4v) is 1.39. The molecule has 1 rings (SSSR count). The highest BCUT2D eigenvalue weighted by Crippen LogP contribution is 2.21. The van der Waals surface area contributed by atoms with Gasteiger partial charge in [-0.25, -0.2) is 0 Å². The van der Waals surface area contributed by atoms with Crippen LogP contribution in [0, 0.1) is 0 Å². The number of carbonyl (C=O) groups excluding carboxylic acids is 1. The molecule has 0 spiro atoms. The summed E-state index contributed by atoms with van der Waals surface area (Å²) in [5.41, 5.74) is -0.134. The third-order valence-corrected chi connectivity index (χ3v) is 2.35. The van der Waals surface area contributed by atoms with Crippen molar-refractivity contribution >= 4 is 5.91 Å². The van der Waals surface area contributed by atoms with Crippen molar-refractivity contribution in [3.8, 4) is 0 Å². The standard InChI is InChI=1S/C9H15NO2/c1-3-8(11)10-9(4-2)5-6-12-7-9/h3H,1,4-7H2,2H3,(H,10,11). The molecule has 0 saturated carbocycles. The number of rotatable bonds is 3. The van der Waals surface area contributed by atoms with E-state index in [1.54, 1.807) is 0 Å². The van der Waals surface area contributed by atoms with E-state index in [-0.39, 0.29) is 11.4 Å². The Balaban J connectivity index is 2.54. The van der Waals surface area contributed by atoms with Crippen molar-refractivity contribution < 1.29 is 9.53 Å². The zero-order valence-corrected chi connectivity index (χ0v) is 7.43. The first kappa shape index (κ1) is 9.26. The molecule has 1 fully saturated rings. The van der Waals surface area contributed by atoms with Crippen LogP contribution in [-0.4, -0.2) is 24.7 Å². The summed E-state index contributed by atoms with van der Waals surface area (Å²) < 4.78 is 5.25. The van der Waals surface area contributed by atoms with Crippen LogP contribution in [0.25, 0.3) is 0 Å². The van der Waals surface area contributed by atoms with Gasteiger partial charge in [-0.2, -0.15) is 0 Å². The maximum atomic E-state index is 11.0. The van der Waals surface area contributed by atoms with Crippen molar-refractivity contribution in [3.63, 3.8) is 0 Å². The van der Waals surface area contributed by atoms with Crippen LogP contribution in [0.3, 0.4) is 0 Å². The van der Waals surface area contributed by atoms with Gasteiger partial charge in [0.05, 0.1) is 12.1 Å². The highest BCUT2D eigenvalue weighted by atomic mass is 16.5. The third-order valence-electron chi connectivity index (χ3n) is 2.35. The average molecular weight is 169 g/mol. The lowest BCUT2D eigenvalue weighted by Gasteiger charge is -2.26. The van der Waals surface area contributed by atoms with E-state index in [1.165, 1.54) is 6.08 Å². The van der Waals surface area contributed by atoms with Crippen LogP contribution in [0.5, 0.6) is 0 Å². The number of hydrogen-bond acceptors (Lipinski definition) is 2. The fraction of sp³-hybridized carbons (Fsp3) is 0.667. The fourth-order valence-electron chi connectivity index (χ4n) is 1.39. The van der Waals surface area contributed by atoms with Crippen molar-refractivity contribution in [1.29, 1.82) is 0 Å². The van der Waals surface area contributed by atoms with Gasteiger partial charge in [0.15, 0.2) is 0 Å². The average Bonchev–Trinajstić information content (AvgIpc) is 2.54. The Kier molecular flexibility index (Phi) is 2.87. The Labute approximate surface area is 72.8 Å².